The minimum absolute atomic E-state index is 0.127. The van der Waals surface area contributed by atoms with E-state index in [-0.39, 0.29) is 23.9 Å². The molecule has 3 aromatic rings. The van der Waals surface area contributed by atoms with Crippen LogP contribution in [0.25, 0.3) is 11.0 Å². The molecule has 0 aliphatic carbocycles. The summed E-state index contributed by atoms with van der Waals surface area (Å²) in [5.74, 6) is -0.475. The Kier molecular flexibility index (Phi) is 7.50. The van der Waals surface area contributed by atoms with Gasteiger partial charge in [-0.25, -0.2) is 4.98 Å². The van der Waals surface area contributed by atoms with Gasteiger partial charge < -0.3 is 15.5 Å². The average Bonchev–Trinajstić information content (AvgIpc) is 2.79. The molecule has 0 aliphatic heterocycles. The molecule has 1 heterocycles. The molecule has 0 aliphatic rings. The number of amides is 2. The van der Waals surface area contributed by atoms with Gasteiger partial charge in [-0.05, 0) is 50.2 Å². The van der Waals surface area contributed by atoms with Gasteiger partial charge in [0, 0.05) is 11.3 Å². The van der Waals surface area contributed by atoms with E-state index in [9.17, 15) is 14.4 Å². The zero-order valence-corrected chi connectivity index (χ0v) is 17.9. The first kappa shape index (κ1) is 22.2. The standard InChI is InChI=1S/C23H27N5O3/c1-3-27(4-2)14-13-24-23(31)17-9-11-18(12-10-17)26-21(29)16-28-20-8-6-5-7-19(20)25-15-22(28)30/h5-12,15H,3-4,13-14,16H2,1-2H3,(H,24,31)(H,26,29)/p+1. The molecule has 8 nitrogen and oxygen atoms in total. The highest BCUT2D eigenvalue weighted by molar-refractivity contribution is 5.96. The Labute approximate surface area is 180 Å². The Balaban J connectivity index is 1.59. The summed E-state index contributed by atoms with van der Waals surface area (Å²) in [5.41, 5.74) is 1.99. The molecule has 3 N–H and O–H groups in total. The van der Waals surface area contributed by atoms with E-state index in [1.165, 1.54) is 15.7 Å². The van der Waals surface area contributed by atoms with Gasteiger partial charge in [0.2, 0.25) is 5.91 Å². The second-order valence-corrected chi connectivity index (χ2v) is 7.26. The van der Waals surface area contributed by atoms with Gasteiger partial charge in [0.15, 0.2) is 0 Å². The lowest BCUT2D eigenvalue weighted by molar-refractivity contribution is -0.895. The summed E-state index contributed by atoms with van der Waals surface area (Å²) in [6, 6.07) is 13.9. The van der Waals surface area contributed by atoms with Gasteiger partial charge in [0.25, 0.3) is 11.5 Å². The first-order valence-corrected chi connectivity index (χ1v) is 10.5. The topological polar surface area (TPSA) is 97.5 Å². The highest BCUT2D eigenvalue weighted by atomic mass is 16.2. The minimum Gasteiger partial charge on any atom is -0.346 e. The number of nitrogens with one attached hydrogen (secondary N) is 3. The normalized spacial score (nSPS) is 10.9. The van der Waals surface area contributed by atoms with Gasteiger partial charge in [-0.1, -0.05) is 12.1 Å². The van der Waals surface area contributed by atoms with Crippen LogP contribution in [-0.4, -0.2) is 47.5 Å². The minimum atomic E-state index is -0.340. The van der Waals surface area contributed by atoms with Crippen molar-refractivity contribution in [3.05, 3.63) is 70.6 Å². The van der Waals surface area contributed by atoms with Crippen molar-refractivity contribution in [3.8, 4) is 0 Å². The number of anilines is 1. The van der Waals surface area contributed by atoms with Crippen molar-refractivity contribution in [1.82, 2.24) is 14.9 Å². The number of fused-ring (bicyclic) bond motifs is 1. The zero-order valence-electron chi connectivity index (χ0n) is 17.9. The van der Waals surface area contributed by atoms with Crippen LogP contribution in [0.3, 0.4) is 0 Å². The quantitative estimate of drug-likeness (QED) is 0.473. The summed E-state index contributed by atoms with van der Waals surface area (Å²) in [7, 11) is 0. The third-order valence-corrected chi connectivity index (χ3v) is 5.25. The number of rotatable bonds is 9. The number of aromatic nitrogens is 2. The second kappa shape index (κ2) is 10.5. The number of hydrogen-bond donors (Lipinski definition) is 3. The molecule has 8 heteroatoms. The van der Waals surface area contributed by atoms with E-state index in [0.29, 0.717) is 28.8 Å². The lowest BCUT2D eigenvalue weighted by Crippen LogP contribution is -3.12. The van der Waals surface area contributed by atoms with E-state index in [1.807, 2.05) is 6.07 Å². The van der Waals surface area contributed by atoms with Gasteiger partial charge in [0.05, 0.1) is 43.4 Å². The molecular weight excluding hydrogens is 394 g/mol. The molecule has 0 atom stereocenters. The molecular formula is C23H28N5O3+. The van der Waals surface area contributed by atoms with Gasteiger partial charge in [-0.2, -0.15) is 0 Å². The van der Waals surface area contributed by atoms with Crippen molar-refractivity contribution in [2.75, 3.05) is 31.5 Å². The molecule has 2 amide bonds. The predicted molar refractivity (Wildman–Crippen MR) is 120 cm³/mol. The molecule has 2 aromatic carbocycles. The molecule has 1 aromatic heterocycles. The summed E-state index contributed by atoms with van der Waals surface area (Å²) in [6.07, 6.45) is 1.21. The molecule has 3 rings (SSSR count). The lowest BCUT2D eigenvalue weighted by atomic mass is 10.2. The fourth-order valence-electron chi connectivity index (χ4n) is 3.39. The van der Waals surface area contributed by atoms with Crippen LogP contribution < -0.4 is 21.1 Å². The summed E-state index contributed by atoms with van der Waals surface area (Å²) in [5, 5.41) is 5.69. The zero-order chi connectivity index (χ0) is 22.2. The first-order chi connectivity index (χ1) is 15.0. The highest BCUT2D eigenvalue weighted by Gasteiger charge is 2.11. The Hall–Kier alpha value is -3.52. The number of carbonyl (C=O) groups is 2. The van der Waals surface area contributed by atoms with E-state index in [0.717, 1.165) is 19.6 Å². The fraction of sp³-hybridized carbons (Fsp3) is 0.304. The number of likely N-dealkylation sites (N-methyl/N-ethyl adjacent to an activating group) is 1. The monoisotopic (exact) mass is 422 g/mol. The number of nitrogens with zero attached hydrogens (tertiary/aromatic N) is 2. The van der Waals surface area contributed by atoms with Crippen molar-refractivity contribution in [3.63, 3.8) is 0 Å². The van der Waals surface area contributed by atoms with Crippen molar-refractivity contribution in [2.24, 2.45) is 0 Å². The van der Waals surface area contributed by atoms with Gasteiger partial charge in [-0.15, -0.1) is 0 Å². The van der Waals surface area contributed by atoms with E-state index in [4.69, 9.17) is 0 Å². The molecule has 0 unspecified atom stereocenters. The largest absolute Gasteiger partial charge is 0.346 e. The molecule has 31 heavy (non-hydrogen) atoms. The van der Waals surface area contributed by atoms with Crippen LogP contribution in [-0.2, 0) is 11.3 Å². The number of benzene rings is 2. The summed E-state index contributed by atoms with van der Waals surface area (Å²) < 4.78 is 1.39. The predicted octanol–water partition coefficient (Wildman–Crippen LogP) is 0.690. The van der Waals surface area contributed by atoms with Crippen LogP contribution in [0.5, 0.6) is 0 Å². The molecule has 0 saturated carbocycles. The maximum Gasteiger partial charge on any atom is 0.269 e. The van der Waals surface area contributed by atoms with Crippen molar-refractivity contribution >= 4 is 28.5 Å². The van der Waals surface area contributed by atoms with E-state index >= 15 is 0 Å². The summed E-state index contributed by atoms with van der Waals surface area (Å²) in [6.45, 7) is 7.68. The molecule has 162 valence electrons. The van der Waals surface area contributed by atoms with Gasteiger partial charge >= 0.3 is 0 Å². The van der Waals surface area contributed by atoms with Crippen LogP contribution in [0.1, 0.15) is 24.2 Å². The number of quaternary nitrogens is 1. The maximum atomic E-state index is 12.5. The third-order valence-electron chi connectivity index (χ3n) is 5.25. The maximum absolute atomic E-state index is 12.5. The smallest absolute Gasteiger partial charge is 0.269 e. The summed E-state index contributed by atoms with van der Waals surface area (Å²) in [4.78, 5) is 42.5. The molecule has 0 saturated heterocycles. The second-order valence-electron chi connectivity index (χ2n) is 7.26. The van der Waals surface area contributed by atoms with Gasteiger partial charge in [-0.3, -0.25) is 19.0 Å². The number of carbonyl (C=O) groups excluding carboxylic acids is 2. The Morgan fingerprint density at radius 1 is 1.03 bits per heavy atom. The van der Waals surface area contributed by atoms with E-state index < -0.39 is 0 Å². The first-order valence-electron chi connectivity index (χ1n) is 10.5. The Bertz CT molecular complexity index is 1100. The third kappa shape index (κ3) is 5.76. The molecule has 0 spiro atoms. The van der Waals surface area contributed by atoms with Crippen LogP contribution >= 0.6 is 0 Å². The van der Waals surface area contributed by atoms with Crippen LogP contribution in [0.4, 0.5) is 5.69 Å². The SMILES string of the molecule is CC[NH+](CC)CCNC(=O)c1ccc(NC(=O)Cn2c(=O)cnc3ccccc32)cc1. The van der Waals surface area contributed by atoms with Crippen molar-refractivity contribution < 1.29 is 14.5 Å². The van der Waals surface area contributed by atoms with Crippen LogP contribution in [0, 0.1) is 0 Å². The van der Waals surface area contributed by atoms with Crippen molar-refractivity contribution in [1.29, 1.82) is 0 Å². The molecule has 0 bridgehead atoms. The lowest BCUT2D eigenvalue weighted by Gasteiger charge is -2.15. The summed E-state index contributed by atoms with van der Waals surface area (Å²) >= 11 is 0. The van der Waals surface area contributed by atoms with E-state index in [2.05, 4.69) is 29.5 Å². The Morgan fingerprint density at radius 2 is 1.74 bits per heavy atom. The van der Waals surface area contributed by atoms with Crippen LogP contribution in [0.2, 0.25) is 0 Å². The van der Waals surface area contributed by atoms with Crippen LogP contribution in [0.15, 0.2) is 59.5 Å². The highest BCUT2D eigenvalue weighted by Crippen LogP contribution is 2.11. The van der Waals surface area contributed by atoms with Gasteiger partial charge in [0.1, 0.15) is 6.54 Å². The Morgan fingerprint density at radius 3 is 2.45 bits per heavy atom. The number of para-hydroxylation sites is 2. The fourth-order valence-corrected chi connectivity index (χ4v) is 3.39. The average molecular weight is 423 g/mol. The molecule has 0 fully saturated rings. The van der Waals surface area contributed by atoms with E-state index in [1.54, 1.807) is 42.5 Å². The number of hydrogen-bond acceptors (Lipinski definition) is 4. The molecule has 0 radical (unpaired) electrons. The van der Waals surface area contributed by atoms with Crippen molar-refractivity contribution in [2.45, 2.75) is 20.4 Å².